The number of nitrogens with zero attached hydrogens (tertiary/aromatic N) is 3. The molecule has 2 N–H and O–H groups in total. The topological polar surface area (TPSA) is 88.9 Å². The molecule has 3 amide bonds. The molecule has 1 aliphatic rings. The van der Waals surface area contributed by atoms with E-state index in [0.29, 0.717) is 16.9 Å². The third-order valence-corrected chi connectivity index (χ3v) is 6.76. The van der Waals surface area contributed by atoms with Crippen LogP contribution in [0.15, 0.2) is 40.9 Å². The van der Waals surface area contributed by atoms with Gasteiger partial charge in [-0.05, 0) is 56.7 Å². The summed E-state index contributed by atoms with van der Waals surface area (Å²) in [6.45, 7) is 5.67. The molecule has 0 bridgehead atoms. The first-order valence-corrected chi connectivity index (χ1v) is 11.5. The Labute approximate surface area is 183 Å². The molecule has 7 nitrogen and oxygen atoms in total. The van der Waals surface area contributed by atoms with Crippen LogP contribution >= 0.6 is 23.1 Å². The number of carbonyl (C=O) groups is 2. The number of thiophene rings is 1. The number of hydrogen-bond donors (Lipinski definition) is 2. The van der Waals surface area contributed by atoms with Gasteiger partial charge < -0.3 is 5.32 Å². The molecule has 1 atom stereocenters. The molecule has 1 saturated carbocycles. The Morgan fingerprint density at radius 3 is 2.70 bits per heavy atom. The summed E-state index contributed by atoms with van der Waals surface area (Å²) in [7, 11) is 0. The summed E-state index contributed by atoms with van der Waals surface area (Å²) in [6, 6.07) is 9.57. The second-order valence-electron chi connectivity index (χ2n) is 7.41. The summed E-state index contributed by atoms with van der Waals surface area (Å²) in [5, 5.41) is 16.1. The Hall–Kier alpha value is -2.65. The molecule has 2 aromatic heterocycles. The maximum atomic E-state index is 12.6. The zero-order valence-electron chi connectivity index (χ0n) is 17.0. The van der Waals surface area contributed by atoms with E-state index in [9.17, 15) is 9.59 Å². The van der Waals surface area contributed by atoms with Crippen molar-refractivity contribution in [3.63, 3.8) is 0 Å². The summed E-state index contributed by atoms with van der Waals surface area (Å²) in [6.07, 6.45) is 2.17. The minimum Gasteiger partial charge on any atom is -0.307 e. The fourth-order valence-electron chi connectivity index (χ4n) is 3.13. The van der Waals surface area contributed by atoms with Crippen molar-refractivity contribution in [2.75, 3.05) is 5.32 Å². The van der Waals surface area contributed by atoms with Crippen molar-refractivity contribution in [1.29, 1.82) is 0 Å². The van der Waals surface area contributed by atoms with Gasteiger partial charge in [0, 0.05) is 11.7 Å². The molecule has 4 rings (SSSR count). The largest absolute Gasteiger partial charge is 0.325 e. The third-order valence-electron chi connectivity index (χ3n) is 4.84. The highest BCUT2D eigenvalue weighted by Gasteiger charge is 2.32. The first-order chi connectivity index (χ1) is 14.4. The molecular formula is C21H23N5O2S2. The number of aromatic nitrogens is 3. The lowest BCUT2D eigenvalue weighted by atomic mass is 10.1. The number of aryl methyl sites for hydroxylation is 2. The van der Waals surface area contributed by atoms with Gasteiger partial charge in [-0.25, -0.2) is 4.79 Å². The highest BCUT2D eigenvalue weighted by Crippen LogP contribution is 2.42. The average molecular weight is 442 g/mol. The second-order valence-corrected chi connectivity index (χ2v) is 9.66. The van der Waals surface area contributed by atoms with E-state index in [0.717, 1.165) is 34.7 Å². The van der Waals surface area contributed by atoms with Crippen molar-refractivity contribution in [2.45, 2.75) is 50.1 Å². The van der Waals surface area contributed by atoms with Crippen molar-refractivity contribution >= 4 is 40.7 Å². The van der Waals surface area contributed by atoms with Crippen LogP contribution < -0.4 is 10.6 Å². The van der Waals surface area contributed by atoms with Crippen molar-refractivity contribution in [3.05, 3.63) is 46.8 Å². The van der Waals surface area contributed by atoms with E-state index < -0.39 is 11.3 Å². The minimum atomic E-state index is -0.540. The van der Waals surface area contributed by atoms with E-state index in [1.807, 2.05) is 49.6 Å². The molecule has 1 unspecified atom stereocenters. The molecule has 0 spiro atoms. The lowest BCUT2D eigenvalue weighted by molar-refractivity contribution is -0.119. The summed E-state index contributed by atoms with van der Waals surface area (Å²) in [5.41, 5.74) is 2.74. The monoisotopic (exact) mass is 441 g/mol. The number of anilines is 1. The van der Waals surface area contributed by atoms with Crippen molar-refractivity contribution < 1.29 is 9.59 Å². The SMILES string of the molecule is Cc1ccc(NC(=O)NC(=O)C(C)Sc2nnc(-c3cccs3)n2C2CC2)c(C)c1. The number of carbonyl (C=O) groups excluding carboxylic acids is 2. The standard InChI is InChI=1S/C21H23N5O2S2/c1-12-6-9-16(13(2)11-12)22-20(28)23-19(27)14(3)30-21-25-24-18(17-5-4-10-29-17)26(21)15-7-8-15/h4-6,9-11,14-15H,7-8H2,1-3H3,(H2,22,23,27,28). The lowest BCUT2D eigenvalue weighted by Gasteiger charge is -2.14. The molecule has 1 fully saturated rings. The molecule has 0 radical (unpaired) electrons. The highest BCUT2D eigenvalue weighted by atomic mass is 32.2. The zero-order valence-corrected chi connectivity index (χ0v) is 18.6. The first-order valence-electron chi connectivity index (χ1n) is 9.77. The smallest absolute Gasteiger partial charge is 0.307 e. The number of imide groups is 1. The van der Waals surface area contributed by atoms with Crippen LogP contribution in [0.2, 0.25) is 0 Å². The Morgan fingerprint density at radius 2 is 2.03 bits per heavy atom. The van der Waals surface area contributed by atoms with Crippen molar-refractivity contribution in [1.82, 2.24) is 20.1 Å². The van der Waals surface area contributed by atoms with E-state index in [2.05, 4.69) is 25.4 Å². The molecule has 0 saturated heterocycles. The number of urea groups is 1. The molecule has 2 heterocycles. The van der Waals surface area contributed by atoms with Crippen LogP contribution in [0, 0.1) is 13.8 Å². The molecule has 0 aliphatic heterocycles. The molecule has 9 heteroatoms. The number of benzene rings is 1. The molecule has 1 aromatic carbocycles. The van der Waals surface area contributed by atoms with Gasteiger partial charge in [0.05, 0.1) is 10.1 Å². The van der Waals surface area contributed by atoms with Crippen molar-refractivity contribution in [3.8, 4) is 10.7 Å². The summed E-state index contributed by atoms with van der Waals surface area (Å²) >= 11 is 2.94. The van der Waals surface area contributed by atoms with Gasteiger partial charge in [-0.3, -0.25) is 14.7 Å². The van der Waals surface area contributed by atoms with Gasteiger partial charge in [0.25, 0.3) is 0 Å². The van der Waals surface area contributed by atoms with Gasteiger partial charge in [0.1, 0.15) is 0 Å². The van der Waals surface area contributed by atoms with Crippen LogP contribution in [0.1, 0.15) is 36.9 Å². The van der Waals surface area contributed by atoms with Crippen LogP contribution in [0.5, 0.6) is 0 Å². The Kier molecular flexibility index (Phi) is 5.92. The molecule has 30 heavy (non-hydrogen) atoms. The maximum absolute atomic E-state index is 12.6. The highest BCUT2D eigenvalue weighted by molar-refractivity contribution is 8.00. The van der Waals surface area contributed by atoms with Gasteiger partial charge in [-0.1, -0.05) is 35.5 Å². The number of thioether (sulfide) groups is 1. The Bertz CT molecular complexity index is 1070. The molecule has 1 aliphatic carbocycles. The number of rotatable bonds is 6. The predicted molar refractivity (Wildman–Crippen MR) is 120 cm³/mol. The molecular weight excluding hydrogens is 418 g/mol. The fraction of sp³-hybridized carbons (Fsp3) is 0.333. The predicted octanol–water partition coefficient (Wildman–Crippen LogP) is 4.79. The van der Waals surface area contributed by atoms with Crippen LogP contribution in [0.25, 0.3) is 10.7 Å². The summed E-state index contributed by atoms with van der Waals surface area (Å²) in [4.78, 5) is 25.9. The van der Waals surface area contributed by atoms with Crippen LogP contribution in [-0.4, -0.2) is 32.0 Å². The van der Waals surface area contributed by atoms with Crippen molar-refractivity contribution in [2.24, 2.45) is 0 Å². The number of nitrogens with one attached hydrogen (secondary N) is 2. The number of hydrogen-bond acceptors (Lipinski definition) is 6. The fourth-order valence-corrected chi connectivity index (χ4v) is 4.75. The lowest BCUT2D eigenvalue weighted by Crippen LogP contribution is -2.39. The van der Waals surface area contributed by atoms with Crippen LogP contribution in [0.3, 0.4) is 0 Å². The van der Waals surface area contributed by atoms with E-state index in [4.69, 9.17) is 0 Å². The third kappa shape index (κ3) is 4.57. The molecule has 3 aromatic rings. The van der Waals surface area contributed by atoms with Gasteiger partial charge in [0.2, 0.25) is 5.91 Å². The van der Waals surface area contributed by atoms with E-state index in [-0.39, 0.29) is 5.91 Å². The van der Waals surface area contributed by atoms with Crippen LogP contribution in [0.4, 0.5) is 10.5 Å². The van der Waals surface area contributed by atoms with Gasteiger partial charge >= 0.3 is 6.03 Å². The quantitative estimate of drug-likeness (QED) is 0.537. The Balaban J connectivity index is 1.41. The van der Waals surface area contributed by atoms with Crippen LogP contribution in [-0.2, 0) is 4.79 Å². The first kappa shape index (κ1) is 20.6. The summed E-state index contributed by atoms with van der Waals surface area (Å²) < 4.78 is 2.12. The van der Waals surface area contributed by atoms with Gasteiger partial charge in [-0.2, -0.15) is 0 Å². The second kappa shape index (κ2) is 8.61. The van der Waals surface area contributed by atoms with Gasteiger partial charge in [-0.15, -0.1) is 21.5 Å². The van der Waals surface area contributed by atoms with E-state index in [1.54, 1.807) is 18.3 Å². The summed E-state index contributed by atoms with van der Waals surface area (Å²) in [5.74, 6) is 0.473. The van der Waals surface area contributed by atoms with Gasteiger partial charge in [0.15, 0.2) is 11.0 Å². The maximum Gasteiger partial charge on any atom is 0.325 e. The van der Waals surface area contributed by atoms with E-state index in [1.165, 1.54) is 11.8 Å². The zero-order chi connectivity index (χ0) is 21.3. The molecule has 156 valence electrons. The Morgan fingerprint density at radius 1 is 1.23 bits per heavy atom. The number of amides is 3. The average Bonchev–Trinajstić information content (AvgIpc) is 3.22. The van der Waals surface area contributed by atoms with E-state index >= 15 is 0 Å². The normalized spacial score (nSPS) is 14.4. The minimum absolute atomic E-state index is 0.370.